The quantitative estimate of drug-likeness (QED) is 0.840. The number of amides is 2. The minimum Gasteiger partial charge on any atom is -0.358 e. The van der Waals surface area contributed by atoms with Gasteiger partial charge in [-0.25, -0.2) is 14.1 Å². The number of hydrogen-bond acceptors (Lipinski definition) is 4. The number of likely N-dealkylation sites (N-methyl/N-ethyl adjacent to an activating group) is 1. The van der Waals surface area contributed by atoms with Crippen LogP contribution in [0.15, 0.2) is 30.6 Å². The van der Waals surface area contributed by atoms with Crippen molar-refractivity contribution < 1.29 is 14.0 Å². The minimum absolute atomic E-state index is 0.0224. The summed E-state index contributed by atoms with van der Waals surface area (Å²) in [5.41, 5.74) is 0.719. The fraction of sp³-hybridized carbons (Fsp3) is 0.333. The molecular formula is C15H18FN5O2. The second-order valence-electron chi connectivity index (χ2n) is 4.94. The molecule has 122 valence electrons. The van der Waals surface area contributed by atoms with Gasteiger partial charge in [0.1, 0.15) is 18.7 Å². The standard InChI is InChI=1S/C15H18FN5O2/c1-3-12(10-4-6-11(16)7-5-10)14(23)19-15-18-9-21(20-15)8-13(22)17-2/h4-7,9,12H,3,8H2,1-2H3,(H,17,22)(H,19,20,23)/t12-/m1/s1. The third-order valence-electron chi connectivity index (χ3n) is 3.35. The number of nitrogens with zero attached hydrogens (tertiary/aromatic N) is 3. The molecule has 1 aromatic carbocycles. The van der Waals surface area contributed by atoms with Crippen LogP contribution in [0.2, 0.25) is 0 Å². The zero-order valence-corrected chi connectivity index (χ0v) is 12.9. The molecule has 0 saturated carbocycles. The summed E-state index contributed by atoms with van der Waals surface area (Å²) in [6.45, 7) is 1.89. The summed E-state index contributed by atoms with van der Waals surface area (Å²) in [7, 11) is 1.52. The van der Waals surface area contributed by atoms with Crippen molar-refractivity contribution in [3.05, 3.63) is 42.0 Å². The lowest BCUT2D eigenvalue weighted by molar-refractivity contribution is -0.121. The highest BCUT2D eigenvalue weighted by Gasteiger charge is 2.20. The van der Waals surface area contributed by atoms with Crippen molar-refractivity contribution in [2.45, 2.75) is 25.8 Å². The second-order valence-corrected chi connectivity index (χ2v) is 4.94. The highest BCUT2D eigenvalue weighted by Crippen LogP contribution is 2.21. The fourth-order valence-electron chi connectivity index (χ4n) is 2.12. The first-order valence-corrected chi connectivity index (χ1v) is 7.19. The van der Waals surface area contributed by atoms with E-state index < -0.39 is 5.92 Å². The first kappa shape index (κ1) is 16.6. The minimum atomic E-state index is -0.429. The SMILES string of the molecule is CC[C@@H](C(=O)Nc1ncn(CC(=O)NC)n1)c1ccc(F)cc1. The van der Waals surface area contributed by atoms with E-state index in [2.05, 4.69) is 20.7 Å². The van der Waals surface area contributed by atoms with Crippen molar-refractivity contribution in [1.29, 1.82) is 0 Å². The summed E-state index contributed by atoms with van der Waals surface area (Å²) in [4.78, 5) is 27.6. The maximum absolute atomic E-state index is 13.0. The van der Waals surface area contributed by atoms with Crippen LogP contribution in [0, 0.1) is 5.82 Å². The van der Waals surface area contributed by atoms with Crippen LogP contribution in [-0.2, 0) is 16.1 Å². The summed E-state index contributed by atoms with van der Waals surface area (Å²) in [6, 6.07) is 5.81. The maximum Gasteiger partial charge on any atom is 0.248 e. The second kappa shape index (κ2) is 7.48. The van der Waals surface area contributed by atoms with E-state index >= 15 is 0 Å². The Bertz CT molecular complexity index is 683. The smallest absolute Gasteiger partial charge is 0.248 e. The van der Waals surface area contributed by atoms with E-state index in [1.165, 1.54) is 30.2 Å². The Morgan fingerprint density at radius 2 is 2.00 bits per heavy atom. The molecule has 2 rings (SSSR count). The molecule has 7 nitrogen and oxygen atoms in total. The number of carbonyl (C=O) groups is 2. The molecule has 2 amide bonds. The van der Waals surface area contributed by atoms with Gasteiger partial charge in [-0.05, 0) is 24.1 Å². The fourth-order valence-corrected chi connectivity index (χ4v) is 2.12. The molecule has 0 spiro atoms. The van der Waals surface area contributed by atoms with Crippen LogP contribution in [0.25, 0.3) is 0 Å². The largest absolute Gasteiger partial charge is 0.358 e. The lowest BCUT2D eigenvalue weighted by Gasteiger charge is -2.13. The van der Waals surface area contributed by atoms with E-state index in [1.807, 2.05) is 6.92 Å². The summed E-state index contributed by atoms with van der Waals surface area (Å²) < 4.78 is 14.3. The van der Waals surface area contributed by atoms with Crippen LogP contribution in [-0.4, -0.2) is 33.6 Å². The lowest BCUT2D eigenvalue weighted by atomic mass is 9.96. The molecule has 0 bridgehead atoms. The molecule has 8 heteroatoms. The Kier molecular flexibility index (Phi) is 5.40. The number of nitrogens with one attached hydrogen (secondary N) is 2. The molecule has 23 heavy (non-hydrogen) atoms. The summed E-state index contributed by atoms with van der Waals surface area (Å²) >= 11 is 0. The molecule has 0 aliphatic heterocycles. The summed E-state index contributed by atoms with van der Waals surface area (Å²) in [5.74, 6) is -1.15. The van der Waals surface area contributed by atoms with Crippen molar-refractivity contribution in [2.24, 2.45) is 0 Å². The molecule has 2 aromatic rings. The average molecular weight is 319 g/mol. The van der Waals surface area contributed by atoms with Gasteiger partial charge in [-0.15, -0.1) is 5.10 Å². The summed E-state index contributed by atoms with van der Waals surface area (Å²) in [6.07, 6.45) is 1.92. The Hall–Kier alpha value is -2.77. The van der Waals surface area contributed by atoms with Crippen LogP contribution < -0.4 is 10.6 Å². The van der Waals surface area contributed by atoms with Gasteiger partial charge in [0, 0.05) is 7.05 Å². The van der Waals surface area contributed by atoms with Crippen LogP contribution >= 0.6 is 0 Å². The van der Waals surface area contributed by atoms with E-state index in [-0.39, 0.29) is 30.1 Å². The number of anilines is 1. The van der Waals surface area contributed by atoms with Crippen LogP contribution in [0.3, 0.4) is 0 Å². The molecule has 1 atom stereocenters. The molecular weight excluding hydrogens is 301 g/mol. The average Bonchev–Trinajstić information content (AvgIpc) is 2.96. The maximum atomic E-state index is 13.0. The van der Waals surface area contributed by atoms with E-state index in [4.69, 9.17) is 0 Å². The van der Waals surface area contributed by atoms with Gasteiger partial charge in [-0.3, -0.25) is 14.9 Å². The van der Waals surface area contributed by atoms with Gasteiger partial charge in [0.25, 0.3) is 0 Å². The molecule has 0 aliphatic rings. The number of hydrogen-bond donors (Lipinski definition) is 2. The zero-order valence-electron chi connectivity index (χ0n) is 12.9. The monoisotopic (exact) mass is 319 g/mol. The van der Waals surface area contributed by atoms with Gasteiger partial charge in [0.2, 0.25) is 17.8 Å². The van der Waals surface area contributed by atoms with Crippen molar-refractivity contribution >= 4 is 17.8 Å². The first-order valence-electron chi connectivity index (χ1n) is 7.19. The Balaban J connectivity index is 2.05. The van der Waals surface area contributed by atoms with Gasteiger partial charge >= 0.3 is 0 Å². The van der Waals surface area contributed by atoms with Crippen LogP contribution in [0.5, 0.6) is 0 Å². The Labute approximate surface area is 132 Å². The normalized spacial score (nSPS) is 11.8. The predicted octanol–water partition coefficient (Wildman–Crippen LogP) is 1.30. The third-order valence-corrected chi connectivity index (χ3v) is 3.35. The van der Waals surface area contributed by atoms with Gasteiger partial charge in [0.15, 0.2) is 0 Å². The molecule has 0 aliphatic carbocycles. The molecule has 2 N–H and O–H groups in total. The Morgan fingerprint density at radius 1 is 1.30 bits per heavy atom. The van der Waals surface area contributed by atoms with Gasteiger partial charge < -0.3 is 5.32 Å². The highest BCUT2D eigenvalue weighted by molar-refractivity contribution is 5.94. The van der Waals surface area contributed by atoms with Gasteiger partial charge in [-0.1, -0.05) is 19.1 Å². The zero-order chi connectivity index (χ0) is 16.8. The van der Waals surface area contributed by atoms with Gasteiger partial charge in [-0.2, -0.15) is 0 Å². The molecule has 0 radical (unpaired) electrons. The van der Waals surface area contributed by atoms with Crippen molar-refractivity contribution in [3.63, 3.8) is 0 Å². The van der Waals surface area contributed by atoms with E-state index in [0.29, 0.717) is 6.42 Å². The van der Waals surface area contributed by atoms with Crippen LogP contribution in [0.1, 0.15) is 24.8 Å². The third kappa shape index (κ3) is 4.35. The lowest BCUT2D eigenvalue weighted by Crippen LogP contribution is -2.24. The topological polar surface area (TPSA) is 88.9 Å². The Morgan fingerprint density at radius 3 is 2.61 bits per heavy atom. The van der Waals surface area contributed by atoms with Crippen molar-refractivity contribution in [3.8, 4) is 0 Å². The van der Waals surface area contributed by atoms with Crippen LogP contribution in [0.4, 0.5) is 10.3 Å². The van der Waals surface area contributed by atoms with Gasteiger partial charge in [0.05, 0.1) is 5.92 Å². The molecule has 0 unspecified atom stereocenters. The molecule has 0 fully saturated rings. The number of aromatic nitrogens is 3. The highest BCUT2D eigenvalue weighted by atomic mass is 19.1. The predicted molar refractivity (Wildman–Crippen MR) is 82.2 cm³/mol. The van der Waals surface area contributed by atoms with E-state index in [1.54, 1.807) is 12.1 Å². The number of benzene rings is 1. The van der Waals surface area contributed by atoms with Crippen molar-refractivity contribution in [1.82, 2.24) is 20.1 Å². The number of halogens is 1. The number of rotatable bonds is 6. The van der Waals surface area contributed by atoms with Crippen molar-refractivity contribution in [2.75, 3.05) is 12.4 Å². The first-order chi connectivity index (χ1) is 11.0. The summed E-state index contributed by atoms with van der Waals surface area (Å²) in [5, 5.41) is 9.10. The molecule has 0 saturated heterocycles. The van der Waals surface area contributed by atoms with E-state index in [9.17, 15) is 14.0 Å². The molecule has 1 aromatic heterocycles. The van der Waals surface area contributed by atoms with E-state index in [0.717, 1.165) is 5.56 Å². The molecule has 1 heterocycles. The number of carbonyl (C=O) groups excluding carboxylic acids is 2.